The molecule has 0 radical (unpaired) electrons. The van der Waals surface area contributed by atoms with Crippen LogP contribution in [0.25, 0.3) is 93.2 Å². The monoisotopic (exact) mass is 710 g/mol. The Morgan fingerprint density at radius 3 is 1.55 bits per heavy atom. The van der Waals surface area contributed by atoms with Crippen LogP contribution in [0, 0.1) is 0 Å². The van der Waals surface area contributed by atoms with Gasteiger partial charge in [0.15, 0.2) is 0 Å². The van der Waals surface area contributed by atoms with E-state index >= 15 is 0 Å². The Bertz CT molecular complexity index is 3280. The first-order valence-electron chi connectivity index (χ1n) is 19.4. The number of anilines is 3. The van der Waals surface area contributed by atoms with Crippen molar-refractivity contribution in [2.75, 3.05) is 4.90 Å². The van der Waals surface area contributed by atoms with Crippen LogP contribution >= 0.6 is 0 Å². The van der Waals surface area contributed by atoms with E-state index in [1.165, 1.54) is 87.5 Å². The summed E-state index contributed by atoms with van der Waals surface area (Å²) in [6, 6.07) is 75.5. The summed E-state index contributed by atoms with van der Waals surface area (Å²) >= 11 is 0. The summed E-state index contributed by atoms with van der Waals surface area (Å²) in [6.07, 6.45) is 0. The van der Waals surface area contributed by atoms with Crippen LogP contribution in [0.5, 0.6) is 0 Å². The first-order chi connectivity index (χ1) is 27.8. The van der Waals surface area contributed by atoms with Gasteiger partial charge in [0.1, 0.15) is 0 Å². The normalized spacial score (nSPS) is 11.9. The predicted molar refractivity (Wildman–Crippen MR) is 238 cm³/mol. The third-order valence-corrected chi connectivity index (χ3v) is 11.9. The van der Waals surface area contributed by atoms with Crippen molar-refractivity contribution in [1.29, 1.82) is 0 Å². The summed E-state index contributed by atoms with van der Waals surface area (Å²) in [5, 5.41) is 10.5. The summed E-state index contributed by atoms with van der Waals surface area (Å²) in [6.45, 7) is 0. The Kier molecular flexibility index (Phi) is 6.66. The molecule has 0 atom stereocenters. The van der Waals surface area contributed by atoms with Gasteiger partial charge in [0, 0.05) is 44.3 Å². The van der Waals surface area contributed by atoms with Gasteiger partial charge in [-0.3, -0.25) is 0 Å². The lowest BCUT2D eigenvalue weighted by atomic mass is 9.88. The molecule has 0 fully saturated rings. The van der Waals surface area contributed by atoms with E-state index in [4.69, 9.17) is 0 Å². The van der Waals surface area contributed by atoms with Gasteiger partial charge in [0.25, 0.3) is 0 Å². The molecule has 1 aliphatic carbocycles. The molecule has 1 heterocycles. The zero-order valence-corrected chi connectivity index (χ0v) is 30.5. The Hall–Kier alpha value is -7.42. The number of fused-ring (bicyclic) bond motifs is 8. The number of rotatable bonds is 5. The van der Waals surface area contributed by atoms with Crippen LogP contribution in [0.15, 0.2) is 206 Å². The average Bonchev–Trinajstić information content (AvgIpc) is 3.57. The van der Waals surface area contributed by atoms with Crippen molar-refractivity contribution in [1.82, 2.24) is 4.57 Å². The van der Waals surface area contributed by atoms with Crippen LogP contribution in [-0.2, 0) is 0 Å². The number of nitrogens with zero attached hydrogens (tertiary/aromatic N) is 2. The van der Waals surface area contributed by atoms with Gasteiger partial charge >= 0.3 is 0 Å². The summed E-state index contributed by atoms with van der Waals surface area (Å²) in [5.41, 5.74) is 14.6. The van der Waals surface area contributed by atoms with Gasteiger partial charge in [-0.05, 0) is 116 Å². The molecule has 12 rings (SSSR count). The van der Waals surface area contributed by atoms with Crippen molar-refractivity contribution in [2.24, 2.45) is 0 Å². The van der Waals surface area contributed by atoms with E-state index in [1.54, 1.807) is 0 Å². The van der Waals surface area contributed by atoms with E-state index in [2.05, 4.69) is 216 Å². The van der Waals surface area contributed by atoms with Gasteiger partial charge in [-0.25, -0.2) is 0 Å². The van der Waals surface area contributed by atoms with E-state index in [9.17, 15) is 0 Å². The summed E-state index contributed by atoms with van der Waals surface area (Å²) < 4.78 is 2.52. The highest BCUT2D eigenvalue weighted by Crippen LogP contribution is 2.53. The third kappa shape index (κ3) is 4.44. The molecule has 0 N–H and O–H groups in total. The fourth-order valence-corrected chi connectivity index (χ4v) is 9.50. The van der Waals surface area contributed by atoms with Crippen LogP contribution in [0.2, 0.25) is 0 Å². The number of aromatic nitrogens is 1. The molecule has 1 aliphatic rings. The molecule has 2 nitrogen and oxygen atoms in total. The van der Waals surface area contributed by atoms with Crippen LogP contribution in [-0.4, -0.2) is 4.57 Å². The number of hydrogen-bond donors (Lipinski definition) is 0. The molecule has 11 aromatic rings. The van der Waals surface area contributed by atoms with Crippen molar-refractivity contribution >= 4 is 71.2 Å². The second-order valence-electron chi connectivity index (χ2n) is 14.8. The molecule has 10 aromatic carbocycles. The first-order valence-corrected chi connectivity index (χ1v) is 19.4. The minimum absolute atomic E-state index is 1.12. The molecule has 0 saturated carbocycles. The van der Waals surface area contributed by atoms with Crippen LogP contribution in [0.3, 0.4) is 0 Å². The topological polar surface area (TPSA) is 8.17 Å². The molecule has 0 saturated heterocycles. The summed E-state index contributed by atoms with van der Waals surface area (Å²) in [5.74, 6) is 0. The average molecular weight is 711 g/mol. The summed E-state index contributed by atoms with van der Waals surface area (Å²) in [4.78, 5) is 2.30. The van der Waals surface area contributed by atoms with Crippen molar-refractivity contribution in [3.8, 4) is 39.1 Å². The number of para-hydroxylation sites is 2. The third-order valence-electron chi connectivity index (χ3n) is 11.9. The Balaban J connectivity index is 1.07. The Labute approximate surface area is 324 Å². The second kappa shape index (κ2) is 12.0. The Morgan fingerprint density at radius 1 is 0.321 bits per heavy atom. The minimum atomic E-state index is 1.12. The standard InChI is InChI=1S/C54H34N2/c1-3-15-38(16-4-1)55(39-17-5-2-6-18-39)40-30-26-35(27-31-40)36-28-32-41(33-29-36)56-49-25-13-24-45-43-20-9-10-21-44(43)48-34-37-14-7-8-19-42(37)50-46-22-11-12-23-47(46)54(56)53(51(45)49)52(48)50/h1-34H. The molecule has 2 heteroatoms. The van der Waals surface area contributed by atoms with Gasteiger partial charge in [0.05, 0.1) is 11.0 Å². The highest BCUT2D eigenvalue weighted by molar-refractivity contribution is 6.41. The molecule has 260 valence electrons. The van der Waals surface area contributed by atoms with E-state index in [1.807, 2.05) is 0 Å². The van der Waals surface area contributed by atoms with Crippen molar-refractivity contribution in [3.63, 3.8) is 0 Å². The molecule has 0 amide bonds. The van der Waals surface area contributed by atoms with Crippen LogP contribution in [0.1, 0.15) is 0 Å². The lowest BCUT2D eigenvalue weighted by molar-refractivity contribution is 1.19. The molecule has 56 heavy (non-hydrogen) atoms. The lowest BCUT2D eigenvalue weighted by Gasteiger charge is -2.25. The Morgan fingerprint density at radius 2 is 0.857 bits per heavy atom. The van der Waals surface area contributed by atoms with Gasteiger partial charge in [-0.15, -0.1) is 0 Å². The zero-order valence-electron chi connectivity index (χ0n) is 30.5. The SMILES string of the molecule is c1ccc(N(c2ccccc2)c2ccc(-c3ccc(-n4c5cccc6c5c5c7c(cc8ccccc8c7c7ccccc7c54)-c4ccccc4-6)cc3)cc2)cc1. The molecule has 1 aromatic heterocycles. The molecule has 0 spiro atoms. The van der Waals surface area contributed by atoms with Crippen molar-refractivity contribution in [3.05, 3.63) is 206 Å². The van der Waals surface area contributed by atoms with E-state index in [-0.39, 0.29) is 0 Å². The van der Waals surface area contributed by atoms with E-state index < -0.39 is 0 Å². The molecular weight excluding hydrogens is 677 g/mol. The summed E-state index contributed by atoms with van der Waals surface area (Å²) in [7, 11) is 0. The smallest absolute Gasteiger partial charge is 0.0626 e. The van der Waals surface area contributed by atoms with Gasteiger partial charge in [-0.1, -0.05) is 146 Å². The molecule has 0 unspecified atom stereocenters. The van der Waals surface area contributed by atoms with E-state index in [0.29, 0.717) is 0 Å². The molecule has 0 aliphatic heterocycles. The van der Waals surface area contributed by atoms with Gasteiger partial charge < -0.3 is 9.47 Å². The predicted octanol–water partition coefficient (Wildman–Crippen LogP) is 15.0. The maximum atomic E-state index is 2.52. The van der Waals surface area contributed by atoms with E-state index in [0.717, 1.165) is 22.7 Å². The van der Waals surface area contributed by atoms with Crippen molar-refractivity contribution < 1.29 is 0 Å². The number of hydrogen-bond acceptors (Lipinski definition) is 1. The zero-order chi connectivity index (χ0) is 36.7. The van der Waals surface area contributed by atoms with Gasteiger partial charge in [0.2, 0.25) is 0 Å². The highest BCUT2D eigenvalue weighted by atomic mass is 15.1. The fraction of sp³-hybridized carbons (Fsp3) is 0. The van der Waals surface area contributed by atoms with Crippen molar-refractivity contribution in [2.45, 2.75) is 0 Å². The first kappa shape index (κ1) is 31.0. The highest BCUT2D eigenvalue weighted by Gasteiger charge is 2.27. The number of benzene rings is 10. The maximum Gasteiger partial charge on any atom is 0.0626 e. The fourth-order valence-electron chi connectivity index (χ4n) is 9.50. The van der Waals surface area contributed by atoms with Crippen LogP contribution < -0.4 is 4.90 Å². The maximum absolute atomic E-state index is 2.52. The lowest BCUT2D eigenvalue weighted by Crippen LogP contribution is -2.09. The minimum Gasteiger partial charge on any atom is -0.311 e. The molecule has 0 bridgehead atoms. The second-order valence-corrected chi connectivity index (χ2v) is 14.8. The van der Waals surface area contributed by atoms with Crippen LogP contribution in [0.4, 0.5) is 17.1 Å². The quantitative estimate of drug-likeness (QED) is 0.161. The van der Waals surface area contributed by atoms with Gasteiger partial charge in [-0.2, -0.15) is 0 Å². The molecular formula is C54H34N2. The largest absolute Gasteiger partial charge is 0.311 e.